The van der Waals surface area contributed by atoms with Gasteiger partial charge in [-0.05, 0) is 0 Å². The number of carboxylic acids is 1. The van der Waals surface area contributed by atoms with E-state index in [4.69, 9.17) is 10.8 Å². The van der Waals surface area contributed by atoms with Gasteiger partial charge < -0.3 is 26.4 Å². The zero-order valence-corrected chi connectivity index (χ0v) is 9.51. The Balaban J connectivity index is 2.69. The first-order valence-electron chi connectivity index (χ1n) is 5.24. The number of urea groups is 1. The number of hydrogen-bond donors (Lipinski definition) is 4. The van der Waals surface area contributed by atoms with Gasteiger partial charge in [0, 0.05) is 13.1 Å². The normalized spacial score (nSPS) is 19.0. The fraction of sp³-hybridized carbons (Fsp3) is 0.556. The van der Waals surface area contributed by atoms with Crippen molar-refractivity contribution in [3.63, 3.8) is 0 Å². The lowest BCUT2D eigenvalue weighted by Crippen LogP contribution is -2.60. The molecule has 0 aromatic rings. The summed E-state index contributed by atoms with van der Waals surface area (Å²) in [6.07, 6.45) is -0.490. The number of nitrogens with two attached hydrogens (primary N) is 1. The molecule has 1 saturated heterocycles. The molecule has 100 valence electrons. The first-order valence-corrected chi connectivity index (χ1v) is 5.24. The van der Waals surface area contributed by atoms with Gasteiger partial charge >= 0.3 is 12.0 Å². The largest absolute Gasteiger partial charge is 0.481 e. The van der Waals surface area contributed by atoms with Crippen LogP contribution >= 0.6 is 0 Å². The molecule has 1 aliphatic heterocycles. The van der Waals surface area contributed by atoms with Crippen molar-refractivity contribution in [2.24, 2.45) is 5.73 Å². The first-order chi connectivity index (χ1) is 8.41. The molecular weight excluding hydrogens is 244 g/mol. The number of nitrogens with one attached hydrogen (secondary N) is 2. The van der Waals surface area contributed by atoms with Crippen molar-refractivity contribution in [1.29, 1.82) is 0 Å². The van der Waals surface area contributed by atoms with E-state index in [1.807, 2.05) is 0 Å². The van der Waals surface area contributed by atoms with E-state index in [0.29, 0.717) is 0 Å². The van der Waals surface area contributed by atoms with Gasteiger partial charge in [0.2, 0.25) is 11.8 Å². The molecule has 0 aromatic heterocycles. The molecule has 0 aromatic carbocycles. The minimum Gasteiger partial charge on any atom is -0.481 e. The van der Waals surface area contributed by atoms with E-state index in [-0.39, 0.29) is 19.6 Å². The maximum Gasteiger partial charge on any atom is 0.318 e. The average molecular weight is 258 g/mol. The molecule has 1 heterocycles. The fourth-order valence-electron chi connectivity index (χ4n) is 1.59. The van der Waals surface area contributed by atoms with E-state index >= 15 is 0 Å². The topological polar surface area (TPSA) is 142 Å². The number of primary amides is 1. The Hall–Kier alpha value is -2.32. The Labute approximate surface area is 102 Å². The third-order valence-corrected chi connectivity index (χ3v) is 2.37. The summed E-state index contributed by atoms with van der Waals surface area (Å²) in [6.45, 7) is 0.0456. The second-order valence-electron chi connectivity index (χ2n) is 3.72. The number of carbonyl (C=O) groups excluding carboxylic acids is 3. The van der Waals surface area contributed by atoms with E-state index in [1.54, 1.807) is 0 Å². The van der Waals surface area contributed by atoms with Gasteiger partial charge in [-0.15, -0.1) is 0 Å². The van der Waals surface area contributed by atoms with E-state index in [0.717, 1.165) is 4.90 Å². The summed E-state index contributed by atoms with van der Waals surface area (Å²) in [5.41, 5.74) is 4.87. The van der Waals surface area contributed by atoms with Gasteiger partial charge in [0.15, 0.2) is 0 Å². The highest BCUT2D eigenvalue weighted by Gasteiger charge is 2.34. The zero-order valence-electron chi connectivity index (χ0n) is 9.51. The number of carbonyl (C=O) groups is 4. The van der Waals surface area contributed by atoms with Crippen LogP contribution in [-0.2, 0) is 14.4 Å². The van der Waals surface area contributed by atoms with Crippen LogP contribution in [0, 0.1) is 0 Å². The van der Waals surface area contributed by atoms with Crippen LogP contribution in [-0.4, -0.2) is 59.5 Å². The molecule has 0 bridgehead atoms. The smallest absolute Gasteiger partial charge is 0.318 e. The van der Waals surface area contributed by atoms with Crippen molar-refractivity contribution >= 4 is 23.8 Å². The quantitative estimate of drug-likeness (QED) is 0.439. The van der Waals surface area contributed by atoms with Crippen LogP contribution in [0.4, 0.5) is 4.79 Å². The highest BCUT2D eigenvalue weighted by molar-refractivity contribution is 5.92. The molecule has 5 N–H and O–H groups in total. The Kier molecular flexibility index (Phi) is 4.46. The lowest BCUT2D eigenvalue weighted by Gasteiger charge is -2.34. The molecule has 9 heteroatoms. The maximum absolute atomic E-state index is 11.7. The van der Waals surface area contributed by atoms with Gasteiger partial charge in [0.25, 0.3) is 0 Å². The first kappa shape index (κ1) is 13.7. The second kappa shape index (κ2) is 5.84. The van der Waals surface area contributed by atoms with Crippen molar-refractivity contribution in [3.05, 3.63) is 0 Å². The monoisotopic (exact) mass is 258 g/mol. The van der Waals surface area contributed by atoms with Crippen LogP contribution in [0.25, 0.3) is 0 Å². The summed E-state index contributed by atoms with van der Waals surface area (Å²) in [4.78, 5) is 45.4. The van der Waals surface area contributed by atoms with Crippen molar-refractivity contribution in [2.45, 2.75) is 12.5 Å². The summed E-state index contributed by atoms with van der Waals surface area (Å²) >= 11 is 0. The average Bonchev–Trinajstić information content (AvgIpc) is 2.28. The Morgan fingerprint density at radius 2 is 2.17 bits per heavy atom. The number of carboxylic acid groups (broad SMARTS) is 1. The molecule has 18 heavy (non-hydrogen) atoms. The van der Waals surface area contributed by atoms with Gasteiger partial charge in [-0.2, -0.15) is 0 Å². The highest BCUT2D eigenvalue weighted by Crippen LogP contribution is 2.09. The molecule has 4 amide bonds. The van der Waals surface area contributed by atoms with Crippen molar-refractivity contribution in [2.75, 3.05) is 19.6 Å². The summed E-state index contributed by atoms with van der Waals surface area (Å²) in [6, 6.07) is -1.76. The van der Waals surface area contributed by atoms with E-state index in [1.165, 1.54) is 0 Å². The standard InChI is InChI=1S/C9H14N4O5/c10-6(14)4-12-9(18)13-2-1-11-8(17)5(13)3-7(15)16/h5H,1-4H2,(H2,10,14)(H,11,17)(H,12,18)(H,15,16). The molecular formula is C9H14N4O5. The molecule has 0 spiro atoms. The number of piperazine rings is 1. The number of hydrogen-bond acceptors (Lipinski definition) is 4. The summed E-state index contributed by atoms with van der Waals surface area (Å²) in [5.74, 6) is -2.44. The summed E-state index contributed by atoms with van der Waals surface area (Å²) in [7, 11) is 0. The summed E-state index contributed by atoms with van der Waals surface area (Å²) in [5, 5.41) is 13.4. The summed E-state index contributed by atoms with van der Waals surface area (Å²) < 4.78 is 0. The van der Waals surface area contributed by atoms with Crippen LogP contribution in [0.15, 0.2) is 0 Å². The molecule has 1 atom stereocenters. The molecule has 1 unspecified atom stereocenters. The Bertz CT molecular complexity index is 383. The van der Waals surface area contributed by atoms with Gasteiger partial charge in [-0.1, -0.05) is 0 Å². The molecule has 9 nitrogen and oxygen atoms in total. The highest BCUT2D eigenvalue weighted by atomic mass is 16.4. The van der Waals surface area contributed by atoms with Gasteiger partial charge in [-0.25, -0.2) is 4.79 Å². The minimum absolute atomic E-state index is 0.175. The molecule has 1 aliphatic rings. The second-order valence-corrected chi connectivity index (χ2v) is 3.72. The third-order valence-electron chi connectivity index (χ3n) is 2.37. The maximum atomic E-state index is 11.7. The Morgan fingerprint density at radius 1 is 1.50 bits per heavy atom. The lowest BCUT2D eigenvalue weighted by atomic mass is 10.1. The van der Waals surface area contributed by atoms with Gasteiger partial charge in [0.05, 0.1) is 13.0 Å². The number of rotatable bonds is 4. The van der Waals surface area contributed by atoms with Gasteiger partial charge in [-0.3, -0.25) is 14.4 Å². The van der Waals surface area contributed by atoms with Gasteiger partial charge in [0.1, 0.15) is 6.04 Å². The van der Waals surface area contributed by atoms with E-state index in [9.17, 15) is 19.2 Å². The van der Waals surface area contributed by atoms with Crippen molar-refractivity contribution < 1.29 is 24.3 Å². The molecule has 0 saturated carbocycles. The molecule has 1 rings (SSSR count). The zero-order chi connectivity index (χ0) is 13.7. The van der Waals surface area contributed by atoms with Crippen LogP contribution < -0.4 is 16.4 Å². The van der Waals surface area contributed by atoms with Crippen molar-refractivity contribution in [1.82, 2.24) is 15.5 Å². The van der Waals surface area contributed by atoms with Crippen LogP contribution in [0.5, 0.6) is 0 Å². The van der Waals surface area contributed by atoms with Crippen LogP contribution in [0.1, 0.15) is 6.42 Å². The number of nitrogens with zero attached hydrogens (tertiary/aromatic N) is 1. The number of aliphatic carboxylic acids is 1. The lowest BCUT2D eigenvalue weighted by molar-refractivity contribution is -0.142. The third kappa shape index (κ3) is 3.61. The SMILES string of the molecule is NC(=O)CNC(=O)N1CCNC(=O)C1CC(=O)O. The van der Waals surface area contributed by atoms with E-state index in [2.05, 4.69) is 10.6 Å². The number of amides is 4. The molecule has 1 fully saturated rings. The minimum atomic E-state index is -1.19. The van der Waals surface area contributed by atoms with Crippen molar-refractivity contribution in [3.8, 4) is 0 Å². The fourth-order valence-corrected chi connectivity index (χ4v) is 1.59. The molecule has 0 aliphatic carbocycles. The van der Waals surface area contributed by atoms with Crippen LogP contribution in [0.3, 0.4) is 0 Å². The Morgan fingerprint density at radius 3 is 2.72 bits per heavy atom. The predicted molar refractivity (Wildman–Crippen MR) is 58.3 cm³/mol. The van der Waals surface area contributed by atoms with Crippen LogP contribution in [0.2, 0.25) is 0 Å². The predicted octanol–water partition coefficient (Wildman–Crippen LogP) is -2.54. The van der Waals surface area contributed by atoms with E-state index < -0.39 is 36.3 Å². The molecule has 0 radical (unpaired) electrons.